The predicted octanol–water partition coefficient (Wildman–Crippen LogP) is 3.30. The van der Waals surface area contributed by atoms with Crippen LogP contribution in [0.5, 0.6) is 0 Å². The molecule has 78 valence electrons. The Labute approximate surface area is 84.4 Å². The molecule has 0 aromatic rings. The highest BCUT2D eigenvalue weighted by atomic mass is 35.5. The average Bonchev–Trinajstić information content (AvgIpc) is 2.02. The molecule has 2 atom stereocenters. The van der Waals surface area contributed by atoms with Gasteiger partial charge in [0.25, 0.3) is 0 Å². The molecule has 0 heterocycles. The Morgan fingerprint density at radius 2 is 2.00 bits per heavy atom. The van der Waals surface area contributed by atoms with Crippen LogP contribution in [0.25, 0.3) is 0 Å². The summed E-state index contributed by atoms with van der Waals surface area (Å²) in [6, 6.07) is 0. The van der Waals surface area contributed by atoms with E-state index >= 15 is 0 Å². The highest BCUT2D eigenvalue weighted by Gasteiger charge is 2.14. The number of carbonyl (C=O) groups excluding carboxylic acids is 1. The van der Waals surface area contributed by atoms with E-state index in [2.05, 4.69) is 4.74 Å². The fraction of sp³-hybridized carbons (Fsp3) is 0.889. The standard InChI is InChI=1S/C9H17ClO3/c1-4-6-8(5-2)13-9(11)12-7(3)10/h7-8H,4-6H2,1-3H3. The third kappa shape index (κ3) is 6.70. The van der Waals surface area contributed by atoms with Crippen LogP contribution in [0.15, 0.2) is 0 Å². The zero-order valence-electron chi connectivity index (χ0n) is 8.38. The zero-order valence-corrected chi connectivity index (χ0v) is 9.13. The normalized spacial score (nSPS) is 14.8. The SMILES string of the molecule is CCCC(CC)OC(=O)OC(C)Cl. The second kappa shape index (κ2) is 7.01. The minimum Gasteiger partial charge on any atom is -0.431 e. The molecule has 0 radical (unpaired) electrons. The van der Waals surface area contributed by atoms with Crippen LogP contribution in [-0.2, 0) is 9.47 Å². The molecule has 0 amide bonds. The van der Waals surface area contributed by atoms with Gasteiger partial charge in [0.2, 0.25) is 0 Å². The van der Waals surface area contributed by atoms with Crippen LogP contribution in [0.2, 0.25) is 0 Å². The number of hydrogen-bond donors (Lipinski definition) is 0. The van der Waals surface area contributed by atoms with Crippen molar-refractivity contribution in [1.29, 1.82) is 0 Å². The van der Waals surface area contributed by atoms with E-state index in [1.807, 2.05) is 13.8 Å². The summed E-state index contributed by atoms with van der Waals surface area (Å²) in [5.74, 6) is 0. The highest BCUT2D eigenvalue weighted by Crippen LogP contribution is 2.09. The van der Waals surface area contributed by atoms with Gasteiger partial charge in [-0.15, -0.1) is 0 Å². The summed E-state index contributed by atoms with van der Waals surface area (Å²) < 4.78 is 9.64. The molecule has 0 saturated carbocycles. The lowest BCUT2D eigenvalue weighted by Crippen LogP contribution is -2.19. The molecule has 0 aliphatic rings. The molecule has 0 bridgehead atoms. The van der Waals surface area contributed by atoms with Gasteiger partial charge < -0.3 is 9.47 Å². The minimum atomic E-state index is -0.678. The fourth-order valence-corrected chi connectivity index (χ4v) is 1.04. The second-order valence-corrected chi connectivity index (χ2v) is 3.46. The molecule has 4 heteroatoms. The smallest absolute Gasteiger partial charge is 0.431 e. The van der Waals surface area contributed by atoms with Crippen molar-refractivity contribution < 1.29 is 14.3 Å². The fourth-order valence-electron chi connectivity index (χ4n) is 0.965. The molecular formula is C9H17ClO3. The lowest BCUT2D eigenvalue weighted by molar-refractivity contribution is 0.0150. The average molecular weight is 209 g/mol. The molecule has 0 saturated heterocycles. The van der Waals surface area contributed by atoms with Crippen molar-refractivity contribution in [1.82, 2.24) is 0 Å². The van der Waals surface area contributed by atoms with Gasteiger partial charge in [-0.05, 0) is 19.8 Å². The lowest BCUT2D eigenvalue weighted by Gasteiger charge is -2.15. The van der Waals surface area contributed by atoms with Crippen LogP contribution in [0.1, 0.15) is 40.0 Å². The molecule has 0 spiro atoms. The maximum Gasteiger partial charge on any atom is 0.510 e. The summed E-state index contributed by atoms with van der Waals surface area (Å²) in [7, 11) is 0. The molecule has 0 aliphatic heterocycles. The third-order valence-electron chi connectivity index (χ3n) is 1.59. The summed E-state index contributed by atoms with van der Waals surface area (Å²) in [5.41, 5.74) is -0.633. The van der Waals surface area contributed by atoms with Crippen molar-refractivity contribution in [2.75, 3.05) is 0 Å². The van der Waals surface area contributed by atoms with E-state index < -0.39 is 11.7 Å². The number of rotatable bonds is 5. The van der Waals surface area contributed by atoms with Gasteiger partial charge in [0, 0.05) is 0 Å². The molecule has 0 fully saturated rings. The van der Waals surface area contributed by atoms with E-state index in [0.717, 1.165) is 19.3 Å². The van der Waals surface area contributed by atoms with Gasteiger partial charge >= 0.3 is 6.16 Å². The molecule has 0 rings (SSSR count). The summed E-state index contributed by atoms with van der Waals surface area (Å²) in [6.07, 6.45) is 1.93. The zero-order chi connectivity index (χ0) is 10.3. The topological polar surface area (TPSA) is 35.5 Å². The monoisotopic (exact) mass is 208 g/mol. The van der Waals surface area contributed by atoms with Gasteiger partial charge in [0.05, 0.1) is 0 Å². The van der Waals surface area contributed by atoms with Crippen molar-refractivity contribution in [3.63, 3.8) is 0 Å². The van der Waals surface area contributed by atoms with Gasteiger partial charge in [0.15, 0.2) is 5.56 Å². The number of carbonyl (C=O) groups is 1. The van der Waals surface area contributed by atoms with Crippen LogP contribution in [-0.4, -0.2) is 17.8 Å². The van der Waals surface area contributed by atoms with Crippen LogP contribution in [0.4, 0.5) is 4.79 Å². The van der Waals surface area contributed by atoms with Crippen molar-refractivity contribution >= 4 is 17.8 Å². The maximum atomic E-state index is 11.0. The van der Waals surface area contributed by atoms with Crippen LogP contribution in [0, 0.1) is 0 Å². The van der Waals surface area contributed by atoms with Crippen molar-refractivity contribution in [3.05, 3.63) is 0 Å². The number of alkyl halides is 1. The minimum absolute atomic E-state index is 0.0482. The van der Waals surface area contributed by atoms with Gasteiger partial charge in [-0.2, -0.15) is 0 Å². The van der Waals surface area contributed by atoms with Crippen LogP contribution in [0.3, 0.4) is 0 Å². The summed E-state index contributed by atoms with van der Waals surface area (Å²) in [6.45, 7) is 5.59. The number of halogens is 1. The first-order valence-electron chi connectivity index (χ1n) is 4.61. The van der Waals surface area contributed by atoms with E-state index in [1.54, 1.807) is 6.92 Å². The Kier molecular flexibility index (Phi) is 6.77. The van der Waals surface area contributed by atoms with E-state index in [-0.39, 0.29) is 6.10 Å². The van der Waals surface area contributed by atoms with Crippen LogP contribution >= 0.6 is 11.6 Å². The van der Waals surface area contributed by atoms with E-state index in [1.165, 1.54) is 0 Å². The molecule has 0 aromatic heterocycles. The van der Waals surface area contributed by atoms with Crippen LogP contribution < -0.4 is 0 Å². The van der Waals surface area contributed by atoms with Crippen molar-refractivity contribution in [2.45, 2.75) is 51.7 Å². The van der Waals surface area contributed by atoms with Gasteiger partial charge in [-0.25, -0.2) is 4.79 Å². The quantitative estimate of drug-likeness (QED) is 0.514. The van der Waals surface area contributed by atoms with Gasteiger partial charge in [0.1, 0.15) is 6.10 Å². The Balaban J connectivity index is 3.73. The third-order valence-corrected chi connectivity index (χ3v) is 1.68. The van der Waals surface area contributed by atoms with Gasteiger partial charge in [-0.3, -0.25) is 0 Å². The summed E-state index contributed by atoms with van der Waals surface area (Å²) >= 11 is 5.45. The first-order valence-corrected chi connectivity index (χ1v) is 5.05. The lowest BCUT2D eigenvalue weighted by atomic mass is 10.2. The Morgan fingerprint density at radius 3 is 2.38 bits per heavy atom. The van der Waals surface area contributed by atoms with E-state index in [9.17, 15) is 4.79 Å². The molecule has 0 N–H and O–H groups in total. The summed E-state index contributed by atoms with van der Waals surface area (Å²) in [5, 5.41) is 0. The Bertz CT molecular complexity index is 148. The Hall–Kier alpha value is -0.440. The first kappa shape index (κ1) is 12.6. The molecular weight excluding hydrogens is 192 g/mol. The van der Waals surface area contributed by atoms with Crippen molar-refractivity contribution in [3.8, 4) is 0 Å². The first-order chi connectivity index (χ1) is 6.10. The number of ether oxygens (including phenoxy) is 2. The summed E-state index contributed by atoms with van der Waals surface area (Å²) in [4.78, 5) is 11.0. The maximum absolute atomic E-state index is 11.0. The number of hydrogen-bond acceptors (Lipinski definition) is 3. The molecule has 13 heavy (non-hydrogen) atoms. The largest absolute Gasteiger partial charge is 0.510 e. The van der Waals surface area contributed by atoms with E-state index in [4.69, 9.17) is 16.3 Å². The molecule has 0 aromatic carbocycles. The molecule has 2 unspecified atom stereocenters. The Morgan fingerprint density at radius 1 is 1.38 bits per heavy atom. The van der Waals surface area contributed by atoms with E-state index in [0.29, 0.717) is 0 Å². The second-order valence-electron chi connectivity index (χ2n) is 2.85. The molecule has 3 nitrogen and oxygen atoms in total. The van der Waals surface area contributed by atoms with Crippen molar-refractivity contribution in [2.24, 2.45) is 0 Å². The predicted molar refractivity (Wildman–Crippen MR) is 51.9 cm³/mol. The van der Waals surface area contributed by atoms with Gasteiger partial charge in [-0.1, -0.05) is 31.9 Å². The highest BCUT2D eigenvalue weighted by molar-refractivity contribution is 6.19. The molecule has 0 aliphatic carbocycles.